The van der Waals surface area contributed by atoms with Gasteiger partial charge in [-0.15, -0.1) is 0 Å². The molecule has 0 aliphatic heterocycles. The molecule has 108 valence electrons. The number of nitrogens with zero attached hydrogens (tertiary/aromatic N) is 2. The van der Waals surface area contributed by atoms with E-state index in [0.29, 0.717) is 18.2 Å². The fourth-order valence-electron chi connectivity index (χ4n) is 1.67. The summed E-state index contributed by atoms with van der Waals surface area (Å²) in [6.07, 6.45) is 5.44. The molecule has 1 aromatic heterocycles. The van der Waals surface area contributed by atoms with Crippen LogP contribution in [0.25, 0.3) is 0 Å². The lowest BCUT2D eigenvalue weighted by atomic mass is 10.2. The second kappa shape index (κ2) is 8.53. The SMILES string of the molecule is CCCCOc1cnc(N)nc1NC(CO)CCC. The number of ether oxygens (including phenoxy) is 1. The Morgan fingerprint density at radius 3 is 2.84 bits per heavy atom. The average Bonchev–Trinajstić information content (AvgIpc) is 2.41. The highest BCUT2D eigenvalue weighted by atomic mass is 16.5. The minimum absolute atomic E-state index is 0.0478. The molecule has 1 unspecified atom stereocenters. The molecule has 4 N–H and O–H groups in total. The normalized spacial score (nSPS) is 12.2. The molecule has 0 fully saturated rings. The molecule has 1 atom stereocenters. The summed E-state index contributed by atoms with van der Waals surface area (Å²) < 4.78 is 5.63. The summed E-state index contributed by atoms with van der Waals surface area (Å²) in [6, 6.07) is -0.0483. The van der Waals surface area contributed by atoms with Gasteiger partial charge in [0.05, 0.1) is 25.5 Å². The first kappa shape index (κ1) is 15.5. The summed E-state index contributed by atoms with van der Waals surface area (Å²) in [7, 11) is 0. The minimum Gasteiger partial charge on any atom is -0.488 e. The third-order valence-corrected chi connectivity index (χ3v) is 2.73. The van der Waals surface area contributed by atoms with Crippen LogP contribution in [0.3, 0.4) is 0 Å². The molecule has 0 spiro atoms. The van der Waals surface area contributed by atoms with Gasteiger partial charge in [-0.05, 0) is 12.8 Å². The second-order valence-corrected chi connectivity index (χ2v) is 4.46. The van der Waals surface area contributed by atoms with Gasteiger partial charge in [0.25, 0.3) is 0 Å². The molecular weight excluding hydrogens is 244 g/mol. The van der Waals surface area contributed by atoms with Crippen molar-refractivity contribution in [3.05, 3.63) is 6.20 Å². The first-order valence-electron chi connectivity index (χ1n) is 6.83. The van der Waals surface area contributed by atoms with Crippen molar-refractivity contribution in [1.29, 1.82) is 0 Å². The van der Waals surface area contributed by atoms with Gasteiger partial charge >= 0.3 is 0 Å². The van der Waals surface area contributed by atoms with E-state index in [-0.39, 0.29) is 18.6 Å². The third kappa shape index (κ3) is 5.30. The Labute approximate surface area is 114 Å². The third-order valence-electron chi connectivity index (χ3n) is 2.73. The Bertz CT molecular complexity index is 374. The van der Waals surface area contributed by atoms with Gasteiger partial charge < -0.3 is 20.9 Å². The van der Waals surface area contributed by atoms with Crippen LogP contribution in [-0.2, 0) is 0 Å². The van der Waals surface area contributed by atoms with Gasteiger partial charge in [-0.3, -0.25) is 0 Å². The van der Waals surface area contributed by atoms with Gasteiger partial charge in [0.1, 0.15) is 0 Å². The molecule has 0 amide bonds. The van der Waals surface area contributed by atoms with E-state index in [1.807, 2.05) is 0 Å². The second-order valence-electron chi connectivity index (χ2n) is 4.46. The number of hydrogen-bond donors (Lipinski definition) is 3. The predicted octanol–water partition coefficient (Wildman–Crippen LogP) is 1.81. The highest BCUT2D eigenvalue weighted by molar-refractivity contribution is 5.51. The molecule has 0 saturated carbocycles. The van der Waals surface area contributed by atoms with E-state index in [9.17, 15) is 5.11 Å². The van der Waals surface area contributed by atoms with E-state index in [0.717, 1.165) is 25.7 Å². The van der Waals surface area contributed by atoms with Crippen LogP contribution in [0.1, 0.15) is 39.5 Å². The van der Waals surface area contributed by atoms with Crippen LogP contribution in [0.15, 0.2) is 6.20 Å². The van der Waals surface area contributed by atoms with Crippen molar-refractivity contribution >= 4 is 11.8 Å². The monoisotopic (exact) mass is 268 g/mol. The maximum atomic E-state index is 9.31. The van der Waals surface area contributed by atoms with Crippen LogP contribution in [0.2, 0.25) is 0 Å². The first-order valence-corrected chi connectivity index (χ1v) is 6.83. The number of nitrogens with two attached hydrogens (primary N) is 1. The number of nitrogen functional groups attached to an aromatic ring is 1. The van der Waals surface area contributed by atoms with E-state index in [4.69, 9.17) is 10.5 Å². The Balaban J connectivity index is 2.74. The number of aliphatic hydroxyl groups is 1. The van der Waals surface area contributed by atoms with Gasteiger partial charge in [0, 0.05) is 0 Å². The van der Waals surface area contributed by atoms with E-state index < -0.39 is 0 Å². The summed E-state index contributed by atoms with van der Waals surface area (Å²) in [5.74, 6) is 1.33. The number of unbranched alkanes of at least 4 members (excludes halogenated alkanes) is 1. The molecule has 6 nitrogen and oxygen atoms in total. The van der Waals surface area contributed by atoms with Crippen molar-refractivity contribution in [3.8, 4) is 5.75 Å². The number of anilines is 2. The number of hydrogen-bond acceptors (Lipinski definition) is 6. The average molecular weight is 268 g/mol. The minimum atomic E-state index is -0.0483. The summed E-state index contributed by atoms with van der Waals surface area (Å²) in [5, 5.41) is 12.5. The highest BCUT2D eigenvalue weighted by Gasteiger charge is 2.12. The molecule has 1 heterocycles. The lowest BCUT2D eigenvalue weighted by Crippen LogP contribution is -2.24. The molecule has 0 aliphatic carbocycles. The molecule has 19 heavy (non-hydrogen) atoms. The lowest BCUT2D eigenvalue weighted by Gasteiger charge is -2.18. The summed E-state index contributed by atoms with van der Waals surface area (Å²) >= 11 is 0. The zero-order valence-corrected chi connectivity index (χ0v) is 11.7. The fourth-order valence-corrected chi connectivity index (χ4v) is 1.67. The molecule has 0 aromatic carbocycles. The Kier molecular flexibility index (Phi) is 6.95. The van der Waals surface area contributed by atoms with Crippen LogP contribution in [-0.4, -0.2) is 34.3 Å². The van der Waals surface area contributed by atoms with E-state index in [1.165, 1.54) is 0 Å². The topological polar surface area (TPSA) is 93.3 Å². The van der Waals surface area contributed by atoms with Gasteiger partial charge in [-0.25, -0.2) is 4.98 Å². The smallest absolute Gasteiger partial charge is 0.222 e. The summed E-state index contributed by atoms with van der Waals surface area (Å²) in [5.41, 5.74) is 5.59. The van der Waals surface area contributed by atoms with E-state index in [2.05, 4.69) is 29.1 Å². The quantitative estimate of drug-likeness (QED) is 0.591. The van der Waals surface area contributed by atoms with E-state index >= 15 is 0 Å². The van der Waals surface area contributed by atoms with Gasteiger partial charge in [0.15, 0.2) is 11.6 Å². The molecular formula is C13H24N4O2. The Morgan fingerprint density at radius 2 is 2.21 bits per heavy atom. The molecule has 0 bridgehead atoms. The molecule has 1 rings (SSSR count). The first-order chi connectivity index (χ1) is 9.21. The summed E-state index contributed by atoms with van der Waals surface area (Å²) in [6.45, 7) is 4.84. The van der Waals surface area contributed by atoms with Crippen molar-refractivity contribution in [1.82, 2.24) is 9.97 Å². The van der Waals surface area contributed by atoms with Crippen LogP contribution in [0.5, 0.6) is 5.75 Å². The highest BCUT2D eigenvalue weighted by Crippen LogP contribution is 2.23. The molecule has 0 saturated heterocycles. The van der Waals surface area contributed by atoms with Crippen molar-refractivity contribution < 1.29 is 9.84 Å². The van der Waals surface area contributed by atoms with E-state index in [1.54, 1.807) is 6.20 Å². The molecule has 1 aromatic rings. The van der Waals surface area contributed by atoms with Gasteiger partial charge in [-0.2, -0.15) is 4.98 Å². The van der Waals surface area contributed by atoms with Crippen LogP contribution in [0, 0.1) is 0 Å². The van der Waals surface area contributed by atoms with Crippen molar-refractivity contribution in [2.24, 2.45) is 0 Å². The van der Waals surface area contributed by atoms with Crippen LogP contribution in [0.4, 0.5) is 11.8 Å². The Hall–Kier alpha value is -1.56. The Morgan fingerprint density at radius 1 is 1.42 bits per heavy atom. The maximum Gasteiger partial charge on any atom is 0.222 e. The zero-order chi connectivity index (χ0) is 14.1. The standard InChI is InChI=1S/C13H24N4O2/c1-3-5-7-19-11-8-15-13(14)17-12(11)16-10(9-18)6-4-2/h8,10,18H,3-7,9H2,1-2H3,(H3,14,15,16,17). The van der Waals surface area contributed by atoms with Crippen molar-refractivity contribution in [2.45, 2.75) is 45.6 Å². The lowest BCUT2D eigenvalue weighted by molar-refractivity contribution is 0.267. The zero-order valence-electron chi connectivity index (χ0n) is 11.7. The molecule has 0 radical (unpaired) electrons. The maximum absolute atomic E-state index is 9.31. The number of aliphatic hydroxyl groups excluding tert-OH is 1. The number of rotatable bonds is 9. The summed E-state index contributed by atoms with van der Waals surface area (Å²) in [4.78, 5) is 8.08. The number of aromatic nitrogens is 2. The van der Waals surface area contributed by atoms with Crippen LogP contribution >= 0.6 is 0 Å². The largest absolute Gasteiger partial charge is 0.488 e. The molecule has 6 heteroatoms. The fraction of sp³-hybridized carbons (Fsp3) is 0.692. The van der Waals surface area contributed by atoms with Crippen LogP contribution < -0.4 is 15.8 Å². The predicted molar refractivity (Wildman–Crippen MR) is 76.3 cm³/mol. The van der Waals surface area contributed by atoms with Gasteiger partial charge in [0.2, 0.25) is 5.95 Å². The molecule has 0 aliphatic rings. The van der Waals surface area contributed by atoms with Crippen molar-refractivity contribution in [2.75, 3.05) is 24.3 Å². The number of nitrogens with one attached hydrogen (secondary N) is 1. The van der Waals surface area contributed by atoms with Gasteiger partial charge in [-0.1, -0.05) is 26.7 Å². The van der Waals surface area contributed by atoms with Crippen molar-refractivity contribution in [3.63, 3.8) is 0 Å².